The molecule has 1 aliphatic rings. The molecule has 2 rings (SSSR count). The second kappa shape index (κ2) is 5.35. The molecule has 2 nitrogen and oxygen atoms in total. The molecule has 1 aromatic carbocycles. The highest BCUT2D eigenvalue weighted by molar-refractivity contribution is 5.84. The van der Waals surface area contributed by atoms with Gasteiger partial charge in [0.2, 0.25) is 5.91 Å². The van der Waals surface area contributed by atoms with E-state index in [9.17, 15) is 4.79 Å². The van der Waals surface area contributed by atoms with Gasteiger partial charge in [-0.3, -0.25) is 4.79 Å². The van der Waals surface area contributed by atoms with Crippen molar-refractivity contribution in [1.82, 2.24) is 5.32 Å². The zero-order valence-electron chi connectivity index (χ0n) is 10.7. The van der Waals surface area contributed by atoms with Crippen LogP contribution in [0.2, 0.25) is 0 Å². The van der Waals surface area contributed by atoms with Crippen molar-refractivity contribution in [3.63, 3.8) is 0 Å². The van der Waals surface area contributed by atoms with Gasteiger partial charge in [-0.05, 0) is 43.7 Å². The average molecular weight is 231 g/mol. The molecule has 0 heterocycles. The second-order valence-corrected chi connectivity index (χ2v) is 4.96. The maximum atomic E-state index is 12.2. The molecule has 0 saturated heterocycles. The predicted molar refractivity (Wildman–Crippen MR) is 70.0 cm³/mol. The summed E-state index contributed by atoms with van der Waals surface area (Å²) in [5, 5.41) is 3.10. The summed E-state index contributed by atoms with van der Waals surface area (Å²) in [6.45, 7) is 4.16. The summed E-state index contributed by atoms with van der Waals surface area (Å²) in [4.78, 5) is 12.2. The molecule has 2 heteroatoms. The Morgan fingerprint density at radius 1 is 1.47 bits per heavy atom. The summed E-state index contributed by atoms with van der Waals surface area (Å²) in [5.41, 5.74) is 2.59. The Bertz CT molecular complexity index is 400. The van der Waals surface area contributed by atoms with E-state index in [1.807, 2.05) is 6.07 Å². The normalized spacial score (nSPS) is 20.5. The molecule has 17 heavy (non-hydrogen) atoms. The van der Waals surface area contributed by atoms with Crippen molar-refractivity contribution in [1.29, 1.82) is 0 Å². The van der Waals surface area contributed by atoms with E-state index in [4.69, 9.17) is 0 Å². The third-order valence-corrected chi connectivity index (χ3v) is 3.69. The van der Waals surface area contributed by atoms with Gasteiger partial charge in [0.05, 0.1) is 5.92 Å². The predicted octanol–water partition coefficient (Wildman–Crippen LogP) is 3.02. The largest absolute Gasteiger partial charge is 0.353 e. The number of hydrogen-bond acceptors (Lipinski definition) is 1. The Labute approximate surface area is 103 Å². The van der Waals surface area contributed by atoms with Crippen LogP contribution in [0.4, 0.5) is 0 Å². The molecule has 1 aliphatic carbocycles. The minimum atomic E-state index is 0.0638. The summed E-state index contributed by atoms with van der Waals surface area (Å²) in [7, 11) is 0. The van der Waals surface area contributed by atoms with E-state index in [-0.39, 0.29) is 17.9 Å². The van der Waals surface area contributed by atoms with Gasteiger partial charge in [-0.25, -0.2) is 0 Å². The Balaban J connectivity index is 2.15. The quantitative estimate of drug-likeness (QED) is 0.851. The van der Waals surface area contributed by atoms with E-state index in [1.165, 1.54) is 11.1 Å². The molecular weight excluding hydrogens is 210 g/mol. The lowest BCUT2D eigenvalue weighted by molar-refractivity contribution is -0.123. The first-order valence-corrected chi connectivity index (χ1v) is 6.60. The number of aryl methyl sites for hydroxylation is 1. The molecule has 1 amide bonds. The van der Waals surface area contributed by atoms with Crippen LogP contribution < -0.4 is 5.32 Å². The zero-order valence-corrected chi connectivity index (χ0v) is 10.7. The van der Waals surface area contributed by atoms with Crippen molar-refractivity contribution >= 4 is 5.91 Å². The van der Waals surface area contributed by atoms with Gasteiger partial charge >= 0.3 is 0 Å². The molecule has 0 radical (unpaired) electrons. The van der Waals surface area contributed by atoms with Crippen LogP contribution in [0.5, 0.6) is 0 Å². The maximum absolute atomic E-state index is 12.2. The molecule has 92 valence electrons. The number of fused-ring (bicyclic) bond motifs is 1. The monoisotopic (exact) mass is 231 g/mol. The van der Waals surface area contributed by atoms with Gasteiger partial charge < -0.3 is 5.32 Å². The van der Waals surface area contributed by atoms with Crippen molar-refractivity contribution < 1.29 is 4.79 Å². The molecule has 0 saturated carbocycles. The van der Waals surface area contributed by atoms with E-state index in [0.29, 0.717) is 0 Å². The molecule has 1 aromatic rings. The van der Waals surface area contributed by atoms with Gasteiger partial charge in [-0.15, -0.1) is 0 Å². The number of rotatable bonds is 3. The van der Waals surface area contributed by atoms with Crippen molar-refractivity contribution in [3.05, 3.63) is 35.4 Å². The Kier molecular flexibility index (Phi) is 3.82. The minimum absolute atomic E-state index is 0.0638. The Hall–Kier alpha value is -1.31. The van der Waals surface area contributed by atoms with Crippen molar-refractivity contribution in [3.8, 4) is 0 Å². The minimum Gasteiger partial charge on any atom is -0.353 e. The first-order valence-electron chi connectivity index (χ1n) is 6.60. The Morgan fingerprint density at radius 2 is 2.24 bits per heavy atom. The highest BCUT2D eigenvalue weighted by atomic mass is 16.1. The van der Waals surface area contributed by atoms with Crippen LogP contribution in [-0.2, 0) is 11.2 Å². The lowest BCUT2D eigenvalue weighted by Gasteiger charge is -2.26. The van der Waals surface area contributed by atoms with Crippen LogP contribution in [0.15, 0.2) is 24.3 Å². The van der Waals surface area contributed by atoms with Crippen LogP contribution in [0.1, 0.15) is 50.2 Å². The molecule has 0 fully saturated rings. The van der Waals surface area contributed by atoms with Gasteiger partial charge in [-0.1, -0.05) is 31.2 Å². The topological polar surface area (TPSA) is 29.1 Å². The van der Waals surface area contributed by atoms with Gasteiger partial charge in [0.25, 0.3) is 0 Å². The molecule has 0 aromatic heterocycles. The fraction of sp³-hybridized carbons (Fsp3) is 0.533. The summed E-state index contributed by atoms with van der Waals surface area (Å²) < 4.78 is 0. The number of carbonyl (C=O) groups is 1. The molecular formula is C15H21NO. The van der Waals surface area contributed by atoms with Crippen molar-refractivity contribution in [2.75, 3.05) is 0 Å². The van der Waals surface area contributed by atoms with Crippen molar-refractivity contribution in [2.45, 2.75) is 51.5 Å². The maximum Gasteiger partial charge on any atom is 0.227 e. The number of benzene rings is 1. The van der Waals surface area contributed by atoms with Crippen LogP contribution in [0.3, 0.4) is 0 Å². The molecule has 1 N–H and O–H groups in total. The van der Waals surface area contributed by atoms with Gasteiger partial charge in [-0.2, -0.15) is 0 Å². The highest BCUT2D eigenvalue weighted by Crippen LogP contribution is 2.31. The van der Waals surface area contributed by atoms with E-state index in [2.05, 4.69) is 37.4 Å². The summed E-state index contributed by atoms with van der Waals surface area (Å²) in [6.07, 6.45) is 4.21. The molecule has 2 atom stereocenters. The van der Waals surface area contributed by atoms with E-state index < -0.39 is 0 Å². The average Bonchev–Trinajstić information content (AvgIpc) is 2.37. The first kappa shape index (κ1) is 12.2. The smallest absolute Gasteiger partial charge is 0.227 e. The molecule has 0 aliphatic heterocycles. The fourth-order valence-corrected chi connectivity index (χ4v) is 2.47. The summed E-state index contributed by atoms with van der Waals surface area (Å²) in [6, 6.07) is 8.63. The SMILES string of the molecule is CCC(C)NC(=O)C1CCCc2ccccc21. The van der Waals surface area contributed by atoms with Crippen LogP contribution in [0.25, 0.3) is 0 Å². The zero-order chi connectivity index (χ0) is 12.3. The number of nitrogens with one attached hydrogen (secondary N) is 1. The van der Waals surface area contributed by atoms with Crippen LogP contribution in [0, 0.1) is 0 Å². The van der Waals surface area contributed by atoms with Crippen LogP contribution >= 0.6 is 0 Å². The van der Waals surface area contributed by atoms with Gasteiger partial charge in [0, 0.05) is 6.04 Å². The fourth-order valence-electron chi connectivity index (χ4n) is 2.47. The Morgan fingerprint density at radius 3 is 3.00 bits per heavy atom. The molecule has 2 unspecified atom stereocenters. The van der Waals surface area contributed by atoms with E-state index in [1.54, 1.807) is 0 Å². The third kappa shape index (κ3) is 2.68. The number of amides is 1. The van der Waals surface area contributed by atoms with Crippen LogP contribution in [-0.4, -0.2) is 11.9 Å². The summed E-state index contributed by atoms with van der Waals surface area (Å²) in [5.74, 6) is 0.264. The lowest BCUT2D eigenvalue weighted by Crippen LogP contribution is -2.37. The molecule has 0 spiro atoms. The molecule has 0 bridgehead atoms. The number of hydrogen-bond donors (Lipinski definition) is 1. The van der Waals surface area contributed by atoms with E-state index in [0.717, 1.165) is 25.7 Å². The van der Waals surface area contributed by atoms with Gasteiger partial charge in [0.1, 0.15) is 0 Å². The highest BCUT2D eigenvalue weighted by Gasteiger charge is 2.26. The van der Waals surface area contributed by atoms with Gasteiger partial charge in [0.15, 0.2) is 0 Å². The first-order chi connectivity index (χ1) is 8.22. The number of carbonyl (C=O) groups excluding carboxylic acids is 1. The third-order valence-electron chi connectivity index (χ3n) is 3.69. The standard InChI is InChI=1S/C15H21NO/c1-3-11(2)16-15(17)14-10-6-8-12-7-4-5-9-13(12)14/h4-5,7,9,11,14H,3,6,8,10H2,1-2H3,(H,16,17). The van der Waals surface area contributed by atoms with Crippen molar-refractivity contribution in [2.24, 2.45) is 0 Å². The lowest BCUT2D eigenvalue weighted by atomic mass is 9.82. The second-order valence-electron chi connectivity index (χ2n) is 4.96. The van der Waals surface area contributed by atoms with E-state index >= 15 is 0 Å². The summed E-state index contributed by atoms with van der Waals surface area (Å²) >= 11 is 0.